The van der Waals surface area contributed by atoms with Gasteiger partial charge in [0.15, 0.2) is 0 Å². The van der Waals surface area contributed by atoms with Crippen LogP contribution in [-0.2, 0) is 0 Å². The molecule has 5 nitrogen and oxygen atoms in total. The summed E-state index contributed by atoms with van der Waals surface area (Å²) in [7, 11) is 1.55. The minimum Gasteiger partial charge on any atom is -0.491 e. The van der Waals surface area contributed by atoms with Crippen LogP contribution in [0.15, 0.2) is 36.4 Å². The van der Waals surface area contributed by atoms with Gasteiger partial charge in [-0.3, -0.25) is 0 Å². The number of rotatable bonds is 5. The number of benzene rings is 1. The highest BCUT2D eigenvalue weighted by Crippen LogP contribution is 2.23. The van der Waals surface area contributed by atoms with E-state index in [2.05, 4.69) is 10.2 Å². The lowest BCUT2D eigenvalue weighted by Gasteiger charge is -2.14. The second-order valence-electron chi connectivity index (χ2n) is 4.72. The van der Waals surface area contributed by atoms with Crippen LogP contribution in [0.3, 0.4) is 0 Å². The third kappa shape index (κ3) is 3.45. The topological polar surface area (TPSA) is 70.3 Å². The average Bonchev–Trinajstić information content (AvgIpc) is 2.46. The van der Waals surface area contributed by atoms with Crippen LogP contribution in [0.5, 0.6) is 11.6 Å². The maximum absolute atomic E-state index is 6.21. The Morgan fingerprint density at radius 1 is 1.10 bits per heavy atom. The Labute approximate surface area is 118 Å². The van der Waals surface area contributed by atoms with Crippen molar-refractivity contribution in [3.8, 4) is 11.6 Å². The van der Waals surface area contributed by atoms with E-state index in [0.717, 1.165) is 11.3 Å². The Balaban J connectivity index is 2.20. The van der Waals surface area contributed by atoms with Crippen LogP contribution in [-0.4, -0.2) is 23.4 Å². The summed E-state index contributed by atoms with van der Waals surface area (Å²) in [5.41, 5.74) is 7.83. The van der Waals surface area contributed by atoms with Gasteiger partial charge in [-0.15, -0.1) is 10.2 Å². The molecule has 1 aromatic carbocycles. The van der Waals surface area contributed by atoms with Gasteiger partial charge in [0.25, 0.3) is 0 Å². The Kier molecular flexibility index (Phi) is 4.53. The molecule has 0 bridgehead atoms. The van der Waals surface area contributed by atoms with Gasteiger partial charge in [0.2, 0.25) is 5.88 Å². The summed E-state index contributed by atoms with van der Waals surface area (Å²) in [6.45, 7) is 3.98. The summed E-state index contributed by atoms with van der Waals surface area (Å²) < 4.78 is 10.6. The molecule has 106 valence electrons. The zero-order valence-electron chi connectivity index (χ0n) is 11.9. The molecule has 20 heavy (non-hydrogen) atoms. The molecular weight excluding hydrogens is 254 g/mol. The smallest absolute Gasteiger partial charge is 0.233 e. The highest BCUT2D eigenvalue weighted by molar-refractivity contribution is 5.34. The molecule has 0 spiro atoms. The fourth-order valence-corrected chi connectivity index (χ4v) is 1.83. The molecule has 2 N–H and O–H groups in total. The Hall–Kier alpha value is -2.14. The highest BCUT2D eigenvalue weighted by atomic mass is 16.5. The molecule has 1 aromatic heterocycles. The number of ether oxygens (including phenoxy) is 2. The predicted octanol–water partition coefficient (Wildman–Crippen LogP) is 2.32. The van der Waals surface area contributed by atoms with Crippen molar-refractivity contribution in [2.24, 2.45) is 5.73 Å². The minimum atomic E-state index is -0.343. The van der Waals surface area contributed by atoms with Gasteiger partial charge in [0, 0.05) is 6.07 Å². The van der Waals surface area contributed by atoms with Crippen LogP contribution >= 0.6 is 0 Å². The molecule has 0 amide bonds. The third-order valence-corrected chi connectivity index (χ3v) is 2.78. The second-order valence-corrected chi connectivity index (χ2v) is 4.72. The molecule has 0 fully saturated rings. The molecule has 1 heterocycles. The summed E-state index contributed by atoms with van der Waals surface area (Å²) in [5, 5.41) is 8.01. The lowest BCUT2D eigenvalue weighted by molar-refractivity contribution is 0.242. The van der Waals surface area contributed by atoms with Gasteiger partial charge in [0.05, 0.1) is 24.9 Å². The number of methoxy groups -OCH3 is 1. The average molecular weight is 273 g/mol. The van der Waals surface area contributed by atoms with Crippen molar-refractivity contribution in [3.63, 3.8) is 0 Å². The predicted molar refractivity (Wildman–Crippen MR) is 76.8 cm³/mol. The number of hydrogen-bond acceptors (Lipinski definition) is 5. The van der Waals surface area contributed by atoms with Gasteiger partial charge in [-0.1, -0.05) is 12.1 Å². The number of hydrogen-bond donors (Lipinski definition) is 1. The van der Waals surface area contributed by atoms with Crippen LogP contribution in [0, 0.1) is 0 Å². The molecule has 2 rings (SSSR count). The van der Waals surface area contributed by atoms with Gasteiger partial charge in [-0.25, -0.2) is 0 Å². The molecule has 0 aliphatic rings. The van der Waals surface area contributed by atoms with E-state index in [0.29, 0.717) is 11.6 Å². The Morgan fingerprint density at radius 3 is 2.50 bits per heavy atom. The lowest BCUT2D eigenvalue weighted by Crippen LogP contribution is -2.14. The van der Waals surface area contributed by atoms with Crippen LogP contribution in [0.2, 0.25) is 0 Å². The summed E-state index contributed by atoms with van der Waals surface area (Å²) in [5.74, 6) is 1.27. The summed E-state index contributed by atoms with van der Waals surface area (Å²) in [6, 6.07) is 10.9. The van der Waals surface area contributed by atoms with Crippen molar-refractivity contribution < 1.29 is 9.47 Å². The van der Waals surface area contributed by atoms with Gasteiger partial charge >= 0.3 is 0 Å². The van der Waals surface area contributed by atoms with E-state index in [1.807, 2.05) is 44.2 Å². The zero-order valence-corrected chi connectivity index (χ0v) is 11.9. The maximum atomic E-state index is 6.21. The van der Waals surface area contributed by atoms with E-state index in [1.165, 1.54) is 0 Å². The fourth-order valence-electron chi connectivity index (χ4n) is 1.83. The first-order valence-electron chi connectivity index (χ1n) is 6.50. The van der Waals surface area contributed by atoms with E-state index in [-0.39, 0.29) is 12.1 Å². The molecule has 0 aliphatic heterocycles. The molecule has 0 radical (unpaired) electrons. The van der Waals surface area contributed by atoms with Gasteiger partial charge < -0.3 is 15.2 Å². The summed E-state index contributed by atoms with van der Waals surface area (Å²) >= 11 is 0. The molecule has 1 unspecified atom stereocenters. The zero-order chi connectivity index (χ0) is 14.5. The van der Waals surface area contributed by atoms with Crippen molar-refractivity contribution >= 4 is 0 Å². The van der Waals surface area contributed by atoms with E-state index in [4.69, 9.17) is 15.2 Å². The van der Waals surface area contributed by atoms with Crippen LogP contribution in [0.4, 0.5) is 0 Å². The van der Waals surface area contributed by atoms with Crippen LogP contribution in [0.25, 0.3) is 0 Å². The molecule has 0 saturated heterocycles. The largest absolute Gasteiger partial charge is 0.491 e. The first-order chi connectivity index (χ1) is 9.60. The van der Waals surface area contributed by atoms with E-state index in [9.17, 15) is 0 Å². The highest BCUT2D eigenvalue weighted by Gasteiger charge is 2.12. The van der Waals surface area contributed by atoms with Crippen molar-refractivity contribution in [3.05, 3.63) is 47.7 Å². The van der Waals surface area contributed by atoms with Crippen molar-refractivity contribution in [1.82, 2.24) is 10.2 Å². The fraction of sp³-hybridized carbons (Fsp3) is 0.333. The van der Waals surface area contributed by atoms with Crippen molar-refractivity contribution in [2.45, 2.75) is 26.0 Å². The SMILES string of the molecule is COc1ccc(C(N)c2cccc(OC(C)C)c2)nn1. The van der Waals surface area contributed by atoms with Crippen LogP contribution < -0.4 is 15.2 Å². The molecule has 0 aliphatic carbocycles. The first kappa shape index (κ1) is 14.3. The molecular formula is C15H19N3O2. The van der Waals surface area contributed by atoms with E-state index >= 15 is 0 Å². The second kappa shape index (κ2) is 6.34. The van der Waals surface area contributed by atoms with E-state index in [1.54, 1.807) is 13.2 Å². The monoisotopic (exact) mass is 273 g/mol. The molecule has 1 atom stereocenters. The molecule has 5 heteroatoms. The quantitative estimate of drug-likeness (QED) is 0.905. The maximum Gasteiger partial charge on any atom is 0.233 e. The number of nitrogens with zero attached hydrogens (tertiary/aromatic N) is 2. The van der Waals surface area contributed by atoms with Gasteiger partial charge in [-0.05, 0) is 37.6 Å². The number of nitrogens with two attached hydrogens (primary N) is 1. The van der Waals surface area contributed by atoms with Gasteiger partial charge in [-0.2, -0.15) is 0 Å². The lowest BCUT2D eigenvalue weighted by atomic mass is 10.0. The van der Waals surface area contributed by atoms with Crippen molar-refractivity contribution in [2.75, 3.05) is 7.11 Å². The minimum absolute atomic E-state index is 0.127. The third-order valence-electron chi connectivity index (χ3n) is 2.78. The Morgan fingerprint density at radius 2 is 1.90 bits per heavy atom. The summed E-state index contributed by atoms with van der Waals surface area (Å²) in [6.07, 6.45) is 0.127. The number of aromatic nitrogens is 2. The van der Waals surface area contributed by atoms with Crippen LogP contribution in [0.1, 0.15) is 31.1 Å². The van der Waals surface area contributed by atoms with E-state index < -0.39 is 0 Å². The Bertz CT molecular complexity index is 555. The normalized spacial score (nSPS) is 12.2. The van der Waals surface area contributed by atoms with Crippen molar-refractivity contribution in [1.29, 1.82) is 0 Å². The first-order valence-corrected chi connectivity index (χ1v) is 6.50. The summed E-state index contributed by atoms with van der Waals surface area (Å²) in [4.78, 5) is 0. The van der Waals surface area contributed by atoms with Gasteiger partial charge in [0.1, 0.15) is 5.75 Å². The standard InChI is InChI=1S/C15H19N3O2/c1-10(2)20-12-6-4-5-11(9-12)15(16)13-7-8-14(19-3)18-17-13/h4-10,15H,16H2,1-3H3. The molecule has 2 aromatic rings. The molecule has 0 saturated carbocycles.